The number of aromatic nitrogens is 2. The zero-order chi connectivity index (χ0) is 16.8. The predicted octanol–water partition coefficient (Wildman–Crippen LogP) is 1.73. The lowest BCUT2D eigenvalue weighted by Crippen LogP contribution is -2.40. The standard InChI is InChI=1S/C16H20N4O3/c1-12(15(21)22)10-19(2)16(23)18-9-13-5-3-4-6-14(13)20-8-7-17-11-20/h3-8,11-12H,9-10H2,1-2H3,(H,18,23)(H,21,22). The molecule has 0 aliphatic heterocycles. The van der Waals surface area contributed by atoms with E-state index in [1.807, 2.05) is 35.0 Å². The van der Waals surface area contributed by atoms with Crippen molar-refractivity contribution in [1.29, 1.82) is 0 Å². The maximum Gasteiger partial charge on any atom is 0.317 e. The summed E-state index contributed by atoms with van der Waals surface area (Å²) in [6.07, 6.45) is 5.22. The third-order valence-corrected chi connectivity index (χ3v) is 3.52. The molecule has 1 heterocycles. The summed E-state index contributed by atoms with van der Waals surface area (Å²) in [6, 6.07) is 7.38. The minimum atomic E-state index is -0.921. The van der Waals surface area contributed by atoms with Gasteiger partial charge in [0, 0.05) is 32.5 Å². The minimum Gasteiger partial charge on any atom is -0.481 e. The largest absolute Gasteiger partial charge is 0.481 e. The fourth-order valence-electron chi connectivity index (χ4n) is 2.19. The van der Waals surface area contributed by atoms with Crippen LogP contribution in [0.4, 0.5) is 4.79 Å². The van der Waals surface area contributed by atoms with Crippen molar-refractivity contribution in [2.45, 2.75) is 13.5 Å². The number of urea groups is 1. The molecule has 23 heavy (non-hydrogen) atoms. The number of hydrogen-bond acceptors (Lipinski definition) is 3. The number of carbonyl (C=O) groups excluding carboxylic acids is 1. The highest BCUT2D eigenvalue weighted by atomic mass is 16.4. The van der Waals surface area contributed by atoms with Crippen LogP contribution < -0.4 is 5.32 Å². The van der Waals surface area contributed by atoms with Crippen molar-refractivity contribution in [3.05, 3.63) is 48.5 Å². The van der Waals surface area contributed by atoms with Gasteiger partial charge in [0.25, 0.3) is 0 Å². The van der Waals surface area contributed by atoms with Crippen LogP contribution in [0.5, 0.6) is 0 Å². The molecule has 1 aromatic heterocycles. The van der Waals surface area contributed by atoms with Crippen molar-refractivity contribution in [3.63, 3.8) is 0 Å². The zero-order valence-corrected chi connectivity index (χ0v) is 13.1. The number of carboxylic acid groups (broad SMARTS) is 1. The van der Waals surface area contributed by atoms with Crippen molar-refractivity contribution >= 4 is 12.0 Å². The summed E-state index contributed by atoms with van der Waals surface area (Å²) in [5, 5.41) is 11.7. The second-order valence-electron chi connectivity index (χ2n) is 5.38. The molecule has 2 N–H and O–H groups in total. The lowest BCUT2D eigenvalue weighted by atomic mass is 10.1. The summed E-state index contributed by atoms with van der Waals surface area (Å²) in [5.74, 6) is -1.53. The van der Waals surface area contributed by atoms with Crippen LogP contribution in [-0.4, -0.2) is 45.2 Å². The summed E-state index contributed by atoms with van der Waals surface area (Å²) in [7, 11) is 1.58. The lowest BCUT2D eigenvalue weighted by molar-refractivity contribution is -0.141. The quantitative estimate of drug-likeness (QED) is 0.849. The molecule has 2 aromatic rings. The van der Waals surface area contributed by atoms with E-state index < -0.39 is 11.9 Å². The molecule has 0 saturated carbocycles. The second kappa shape index (κ2) is 7.44. The average molecular weight is 316 g/mol. The summed E-state index contributed by atoms with van der Waals surface area (Å²) in [4.78, 5) is 28.3. The first-order valence-corrected chi connectivity index (χ1v) is 7.27. The van der Waals surface area contributed by atoms with Crippen LogP contribution in [-0.2, 0) is 11.3 Å². The van der Waals surface area contributed by atoms with Gasteiger partial charge in [0.05, 0.1) is 17.9 Å². The fraction of sp³-hybridized carbons (Fsp3) is 0.312. The molecule has 1 aromatic carbocycles. The molecular formula is C16H20N4O3. The van der Waals surface area contributed by atoms with E-state index in [1.54, 1.807) is 26.5 Å². The Morgan fingerprint density at radius 2 is 2.13 bits per heavy atom. The number of para-hydroxylation sites is 1. The SMILES string of the molecule is CC(CN(C)C(=O)NCc1ccccc1-n1ccnc1)C(=O)O. The van der Waals surface area contributed by atoms with Gasteiger partial charge in [-0.2, -0.15) is 0 Å². The Balaban J connectivity index is 1.99. The molecule has 7 heteroatoms. The highest BCUT2D eigenvalue weighted by Crippen LogP contribution is 2.13. The molecule has 0 spiro atoms. The first-order chi connectivity index (χ1) is 11.0. The van der Waals surface area contributed by atoms with Gasteiger partial charge in [-0.15, -0.1) is 0 Å². The topological polar surface area (TPSA) is 87.5 Å². The van der Waals surface area contributed by atoms with E-state index in [2.05, 4.69) is 10.3 Å². The summed E-state index contributed by atoms with van der Waals surface area (Å²) >= 11 is 0. The first kappa shape index (κ1) is 16.5. The average Bonchev–Trinajstić information content (AvgIpc) is 3.06. The Hall–Kier alpha value is -2.83. The number of rotatable bonds is 6. The van der Waals surface area contributed by atoms with E-state index in [0.29, 0.717) is 6.54 Å². The number of imidazole rings is 1. The molecule has 0 fully saturated rings. The number of benzene rings is 1. The molecule has 1 unspecified atom stereocenters. The molecule has 122 valence electrons. The van der Waals surface area contributed by atoms with E-state index >= 15 is 0 Å². The minimum absolute atomic E-state index is 0.157. The van der Waals surface area contributed by atoms with Gasteiger partial charge in [-0.05, 0) is 11.6 Å². The molecule has 0 radical (unpaired) electrons. The lowest BCUT2D eigenvalue weighted by Gasteiger charge is -2.20. The summed E-state index contributed by atoms with van der Waals surface area (Å²) in [5.41, 5.74) is 1.88. The van der Waals surface area contributed by atoms with E-state index in [0.717, 1.165) is 11.3 Å². The molecule has 7 nitrogen and oxygen atoms in total. The second-order valence-corrected chi connectivity index (χ2v) is 5.38. The van der Waals surface area contributed by atoms with E-state index in [9.17, 15) is 9.59 Å². The molecule has 0 saturated heterocycles. The Kier molecular flexibility index (Phi) is 5.35. The van der Waals surface area contributed by atoms with Crippen LogP contribution >= 0.6 is 0 Å². The monoisotopic (exact) mass is 316 g/mol. The molecule has 1 atom stereocenters. The number of amides is 2. The maximum atomic E-state index is 12.1. The third kappa shape index (κ3) is 4.32. The smallest absolute Gasteiger partial charge is 0.317 e. The van der Waals surface area contributed by atoms with Gasteiger partial charge in [-0.3, -0.25) is 4.79 Å². The number of hydrogen-bond donors (Lipinski definition) is 2. The van der Waals surface area contributed by atoms with E-state index in [-0.39, 0.29) is 12.6 Å². The van der Waals surface area contributed by atoms with Gasteiger partial charge in [0.2, 0.25) is 0 Å². The number of nitrogens with one attached hydrogen (secondary N) is 1. The van der Waals surface area contributed by atoms with Crippen LogP contribution in [0.2, 0.25) is 0 Å². The number of carboxylic acids is 1. The third-order valence-electron chi connectivity index (χ3n) is 3.52. The molecule has 0 bridgehead atoms. The van der Waals surface area contributed by atoms with Gasteiger partial charge in [0.1, 0.15) is 0 Å². The Morgan fingerprint density at radius 3 is 2.78 bits per heavy atom. The van der Waals surface area contributed by atoms with Crippen molar-refractivity contribution in [3.8, 4) is 5.69 Å². The first-order valence-electron chi connectivity index (χ1n) is 7.27. The summed E-state index contributed by atoms with van der Waals surface area (Å²) < 4.78 is 1.87. The number of aliphatic carboxylic acids is 1. The van der Waals surface area contributed by atoms with Gasteiger partial charge < -0.3 is 19.9 Å². The Bertz CT molecular complexity index is 670. The normalized spacial score (nSPS) is 11.7. The van der Waals surface area contributed by atoms with Crippen molar-refractivity contribution < 1.29 is 14.7 Å². The zero-order valence-electron chi connectivity index (χ0n) is 13.1. The van der Waals surface area contributed by atoms with Crippen LogP contribution in [0.1, 0.15) is 12.5 Å². The molecular weight excluding hydrogens is 296 g/mol. The molecule has 0 aliphatic rings. The molecule has 0 aliphatic carbocycles. The van der Waals surface area contributed by atoms with Gasteiger partial charge in [-0.25, -0.2) is 9.78 Å². The highest BCUT2D eigenvalue weighted by molar-refractivity contribution is 5.75. The van der Waals surface area contributed by atoms with Gasteiger partial charge in [-0.1, -0.05) is 25.1 Å². The predicted molar refractivity (Wildman–Crippen MR) is 85.2 cm³/mol. The van der Waals surface area contributed by atoms with Gasteiger partial charge >= 0.3 is 12.0 Å². The van der Waals surface area contributed by atoms with Gasteiger partial charge in [0.15, 0.2) is 0 Å². The van der Waals surface area contributed by atoms with E-state index in [1.165, 1.54) is 4.90 Å². The van der Waals surface area contributed by atoms with Crippen LogP contribution in [0.25, 0.3) is 5.69 Å². The number of nitrogens with zero attached hydrogens (tertiary/aromatic N) is 3. The highest BCUT2D eigenvalue weighted by Gasteiger charge is 2.17. The van der Waals surface area contributed by atoms with Crippen LogP contribution in [0.15, 0.2) is 43.0 Å². The van der Waals surface area contributed by atoms with Crippen LogP contribution in [0.3, 0.4) is 0 Å². The van der Waals surface area contributed by atoms with Crippen molar-refractivity contribution in [2.75, 3.05) is 13.6 Å². The van der Waals surface area contributed by atoms with E-state index in [4.69, 9.17) is 5.11 Å². The van der Waals surface area contributed by atoms with Crippen molar-refractivity contribution in [2.24, 2.45) is 5.92 Å². The Labute approximate surface area is 134 Å². The molecule has 2 rings (SSSR count). The van der Waals surface area contributed by atoms with Crippen molar-refractivity contribution in [1.82, 2.24) is 19.8 Å². The fourth-order valence-corrected chi connectivity index (χ4v) is 2.19. The summed E-state index contributed by atoms with van der Waals surface area (Å²) in [6.45, 7) is 2.07. The maximum absolute atomic E-state index is 12.1. The number of carbonyl (C=O) groups is 2. The van der Waals surface area contributed by atoms with Crippen LogP contribution in [0, 0.1) is 5.92 Å². The molecule has 2 amide bonds. The Morgan fingerprint density at radius 1 is 1.39 bits per heavy atom.